The molecule has 0 amide bonds. The minimum absolute atomic E-state index is 0. The zero-order valence-electron chi connectivity index (χ0n) is 19.4. The van der Waals surface area contributed by atoms with Gasteiger partial charge in [-0.05, 0) is 68.5 Å². The fourth-order valence-corrected chi connectivity index (χ4v) is 3.67. The Morgan fingerprint density at radius 3 is 2.47 bits per heavy atom. The quantitative estimate of drug-likeness (QED) is 0.263. The SMILES string of the molecule is CCOc1ccc(CCNC(=NC)NCc2ccnc(N3CCCC3)c2)cc1OCC.I. The first kappa shape index (κ1) is 26.0. The molecule has 8 heteroatoms. The van der Waals surface area contributed by atoms with Crippen molar-refractivity contribution < 1.29 is 9.47 Å². The zero-order chi connectivity index (χ0) is 21.9. The van der Waals surface area contributed by atoms with Crippen molar-refractivity contribution in [1.82, 2.24) is 15.6 Å². The van der Waals surface area contributed by atoms with E-state index in [1.807, 2.05) is 26.1 Å². The van der Waals surface area contributed by atoms with Crippen molar-refractivity contribution in [2.45, 2.75) is 39.7 Å². The standard InChI is InChI=1S/C24H35N5O2.HI/c1-4-30-21-9-8-19(16-22(21)31-5-2)10-13-27-24(25-3)28-18-20-11-12-26-23(17-20)29-14-6-7-15-29;/h8-9,11-12,16-17H,4-7,10,13-15,18H2,1-3H3,(H2,25,27,28);1H. The van der Waals surface area contributed by atoms with Crippen LogP contribution in [0.25, 0.3) is 0 Å². The lowest BCUT2D eigenvalue weighted by Crippen LogP contribution is -2.37. The maximum absolute atomic E-state index is 5.72. The van der Waals surface area contributed by atoms with Crippen LogP contribution in [0.3, 0.4) is 0 Å². The highest BCUT2D eigenvalue weighted by Crippen LogP contribution is 2.28. The van der Waals surface area contributed by atoms with Gasteiger partial charge in [0.25, 0.3) is 0 Å². The van der Waals surface area contributed by atoms with Crippen molar-refractivity contribution in [3.05, 3.63) is 47.7 Å². The van der Waals surface area contributed by atoms with Crippen LogP contribution in [0.1, 0.15) is 37.8 Å². The summed E-state index contributed by atoms with van der Waals surface area (Å²) in [4.78, 5) is 11.2. The lowest BCUT2D eigenvalue weighted by molar-refractivity contribution is 0.287. The summed E-state index contributed by atoms with van der Waals surface area (Å²) in [6.45, 7) is 8.89. The molecule has 7 nitrogen and oxygen atoms in total. The minimum Gasteiger partial charge on any atom is -0.490 e. The topological polar surface area (TPSA) is 71.0 Å². The highest BCUT2D eigenvalue weighted by Gasteiger charge is 2.13. The largest absolute Gasteiger partial charge is 0.490 e. The number of halogens is 1. The van der Waals surface area contributed by atoms with Gasteiger partial charge >= 0.3 is 0 Å². The molecule has 2 heterocycles. The van der Waals surface area contributed by atoms with Crippen LogP contribution >= 0.6 is 24.0 Å². The average molecular weight is 553 g/mol. The molecule has 0 unspecified atom stereocenters. The molecule has 0 saturated carbocycles. The lowest BCUT2D eigenvalue weighted by Gasteiger charge is -2.17. The second kappa shape index (κ2) is 14.0. The third-order valence-electron chi connectivity index (χ3n) is 5.24. The number of nitrogens with one attached hydrogen (secondary N) is 2. The second-order valence-corrected chi connectivity index (χ2v) is 7.47. The summed E-state index contributed by atoms with van der Waals surface area (Å²) in [6, 6.07) is 10.3. The Morgan fingerprint density at radius 1 is 1.00 bits per heavy atom. The van der Waals surface area contributed by atoms with E-state index in [9.17, 15) is 0 Å². The van der Waals surface area contributed by atoms with E-state index in [1.165, 1.54) is 24.0 Å². The van der Waals surface area contributed by atoms with E-state index in [0.717, 1.165) is 49.3 Å². The van der Waals surface area contributed by atoms with Gasteiger partial charge in [0, 0.05) is 39.4 Å². The van der Waals surface area contributed by atoms with Crippen molar-refractivity contribution in [2.24, 2.45) is 4.99 Å². The van der Waals surface area contributed by atoms with Gasteiger partial charge in [0.15, 0.2) is 17.5 Å². The number of pyridine rings is 1. The second-order valence-electron chi connectivity index (χ2n) is 7.47. The monoisotopic (exact) mass is 553 g/mol. The first-order valence-corrected chi connectivity index (χ1v) is 11.3. The Labute approximate surface area is 209 Å². The molecular weight excluding hydrogens is 517 g/mol. The van der Waals surface area contributed by atoms with Crippen LogP contribution in [-0.4, -0.2) is 50.8 Å². The smallest absolute Gasteiger partial charge is 0.191 e. The number of aliphatic imine (C=N–C) groups is 1. The molecule has 0 bridgehead atoms. The number of rotatable bonds is 10. The van der Waals surface area contributed by atoms with Crippen LogP contribution < -0.4 is 25.0 Å². The molecule has 32 heavy (non-hydrogen) atoms. The van der Waals surface area contributed by atoms with E-state index in [2.05, 4.69) is 49.8 Å². The molecule has 0 atom stereocenters. The summed E-state index contributed by atoms with van der Waals surface area (Å²) in [5, 5.41) is 6.79. The summed E-state index contributed by atoms with van der Waals surface area (Å²) >= 11 is 0. The Kier molecular flexibility index (Phi) is 11.4. The van der Waals surface area contributed by atoms with E-state index in [1.54, 1.807) is 7.05 Å². The van der Waals surface area contributed by atoms with Gasteiger partial charge in [0.05, 0.1) is 13.2 Å². The summed E-state index contributed by atoms with van der Waals surface area (Å²) < 4.78 is 11.4. The summed E-state index contributed by atoms with van der Waals surface area (Å²) in [5.41, 5.74) is 2.40. The van der Waals surface area contributed by atoms with Crippen molar-refractivity contribution >= 4 is 35.8 Å². The number of guanidine groups is 1. The Morgan fingerprint density at radius 2 is 1.75 bits per heavy atom. The minimum atomic E-state index is 0. The number of anilines is 1. The summed E-state index contributed by atoms with van der Waals surface area (Å²) in [7, 11) is 1.79. The number of ether oxygens (including phenoxy) is 2. The molecule has 3 rings (SSSR count). The average Bonchev–Trinajstić information content (AvgIpc) is 3.33. The fourth-order valence-electron chi connectivity index (χ4n) is 3.67. The third kappa shape index (κ3) is 7.72. The zero-order valence-corrected chi connectivity index (χ0v) is 21.7. The van der Waals surface area contributed by atoms with Gasteiger partial charge in [-0.15, -0.1) is 24.0 Å². The van der Waals surface area contributed by atoms with Gasteiger partial charge in [0.2, 0.25) is 0 Å². The van der Waals surface area contributed by atoms with Gasteiger partial charge in [-0.3, -0.25) is 4.99 Å². The first-order valence-electron chi connectivity index (χ1n) is 11.3. The summed E-state index contributed by atoms with van der Waals surface area (Å²) in [5.74, 6) is 3.45. The van der Waals surface area contributed by atoms with E-state index < -0.39 is 0 Å². The van der Waals surface area contributed by atoms with Gasteiger partial charge in [-0.2, -0.15) is 0 Å². The van der Waals surface area contributed by atoms with E-state index in [4.69, 9.17) is 9.47 Å². The summed E-state index contributed by atoms with van der Waals surface area (Å²) in [6.07, 6.45) is 5.26. The molecule has 1 aliphatic rings. The number of aromatic nitrogens is 1. The molecule has 2 aromatic rings. The van der Waals surface area contributed by atoms with Crippen molar-refractivity contribution in [3.63, 3.8) is 0 Å². The van der Waals surface area contributed by atoms with Crippen LogP contribution in [0.4, 0.5) is 5.82 Å². The lowest BCUT2D eigenvalue weighted by atomic mass is 10.1. The Balaban J connectivity index is 0.00000363. The van der Waals surface area contributed by atoms with E-state index in [0.29, 0.717) is 19.8 Å². The van der Waals surface area contributed by atoms with Crippen LogP contribution in [0.2, 0.25) is 0 Å². The molecule has 176 valence electrons. The highest BCUT2D eigenvalue weighted by atomic mass is 127. The van der Waals surface area contributed by atoms with Crippen molar-refractivity contribution in [2.75, 3.05) is 44.8 Å². The third-order valence-corrected chi connectivity index (χ3v) is 5.24. The van der Waals surface area contributed by atoms with Gasteiger partial charge in [0.1, 0.15) is 5.82 Å². The maximum Gasteiger partial charge on any atom is 0.191 e. The van der Waals surface area contributed by atoms with Crippen molar-refractivity contribution in [3.8, 4) is 11.5 Å². The molecule has 1 aromatic heterocycles. The van der Waals surface area contributed by atoms with Gasteiger partial charge < -0.3 is 25.0 Å². The molecule has 1 aliphatic heterocycles. The van der Waals surface area contributed by atoms with Crippen molar-refractivity contribution in [1.29, 1.82) is 0 Å². The Bertz CT molecular complexity index is 856. The number of hydrogen-bond acceptors (Lipinski definition) is 5. The van der Waals surface area contributed by atoms with Gasteiger partial charge in [-0.25, -0.2) is 4.98 Å². The molecular formula is C24H36IN5O2. The number of hydrogen-bond donors (Lipinski definition) is 2. The molecule has 0 aliphatic carbocycles. The highest BCUT2D eigenvalue weighted by molar-refractivity contribution is 14.0. The normalized spacial score (nSPS) is 13.5. The number of benzene rings is 1. The molecule has 1 saturated heterocycles. The first-order chi connectivity index (χ1) is 15.2. The predicted octanol–water partition coefficient (Wildman–Crippen LogP) is 4.00. The van der Waals surface area contributed by atoms with Gasteiger partial charge in [-0.1, -0.05) is 6.07 Å². The molecule has 2 N–H and O–H groups in total. The Hall–Kier alpha value is -2.23. The van der Waals surface area contributed by atoms with Crippen LogP contribution in [0.5, 0.6) is 11.5 Å². The van der Waals surface area contributed by atoms with Crippen LogP contribution in [0.15, 0.2) is 41.5 Å². The molecule has 1 aromatic carbocycles. The van der Waals surface area contributed by atoms with Crippen LogP contribution in [-0.2, 0) is 13.0 Å². The van der Waals surface area contributed by atoms with E-state index in [-0.39, 0.29) is 24.0 Å². The number of nitrogens with zero attached hydrogens (tertiary/aromatic N) is 3. The van der Waals surface area contributed by atoms with E-state index >= 15 is 0 Å². The molecule has 1 fully saturated rings. The molecule has 0 radical (unpaired) electrons. The fraction of sp³-hybridized carbons (Fsp3) is 0.500. The van der Waals surface area contributed by atoms with Crippen LogP contribution in [0, 0.1) is 0 Å². The maximum atomic E-state index is 5.72. The molecule has 0 spiro atoms. The predicted molar refractivity (Wildman–Crippen MR) is 142 cm³/mol.